The van der Waals surface area contributed by atoms with Gasteiger partial charge in [0.05, 0.1) is 0 Å². The van der Waals surface area contributed by atoms with E-state index < -0.39 is 0 Å². The average Bonchev–Trinajstić information content (AvgIpc) is 2.30. The van der Waals surface area contributed by atoms with Gasteiger partial charge in [-0.1, -0.05) is 45.0 Å². The normalized spacial score (nSPS) is 10.2. The molecule has 0 unspecified atom stereocenters. The highest BCUT2D eigenvalue weighted by atomic mass is 16.1. The number of Topliss-reactive ketones (excluding diaryl/α,β-unsaturated/α-hetero) is 1. The summed E-state index contributed by atoms with van der Waals surface area (Å²) in [7, 11) is 0. The number of carbonyl (C=O) groups excluding carboxylic acids is 2. The van der Waals surface area contributed by atoms with Gasteiger partial charge in [0.25, 0.3) is 0 Å². The van der Waals surface area contributed by atoms with Crippen LogP contribution in [0.3, 0.4) is 0 Å². The second-order valence-corrected chi connectivity index (χ2v) is 4.61. The largest absolute Gasteiger partial charge is 0.304 e. The van der Waals surface area contributed by atoms with Crippen LogP contribution in [-0.4, -0.2) is 12.1 Å². The fraction of sp³-hybridized carbons (Fsp3) is 0.467. The first-order chi connectivity index (χ1) is 7.88. The summed E-state index contributed by atoms with van der Waals surface area (Å²) in [4.78, 5) is 19.9. The number of carbonyl (C=O) groups is 2. The molecule has 0 radical (unpaired) electrons. The topological polar surface area (TPSA) is 34.1 Å². The first-order valence-corrected chi connectivity index (χ1v) is 5.90. The summed E-state index contributed by atoms with van der Waals surface area (Å²) in [5, 5.41) is 0. The molecule has 0 heterocycles. The van der Waals surface area contributed by atoms with Crippen molar-refractivity contribution in [3.63, 3.8) is 0 Å². The molecular formula is C15H22O2. The van der Waals surface area contributed by atoms with E-state index in [2.05, 4.69) is 32.9 Å². The molecule has 0 atom stereocenters. The van der Waals surface area contributed by atoms with Crippen LogP contribution in [0.15, 0.2) is 24.3 Å². The second-order valence-electron chi connectivity index (χ2n) is 4.61. The van der Waals surface area contributed by atoms with Crippen LogP contribution >= 0.6 is 0 Å². The van der Waals surface area contributed by atoms with Crippen LogP contribution < -0.4 is 0 Å². The molecule has 0 aliphatic carbocycles. The van der Waals surface area contributed by atoms with E-state index in [0.29, 0.717) is 0 Å². The Hall–Kier alpha value is -1.44. The van der Waals surface area contributed by atoms with E-state index in [4.69, 9.17) is 4.79 Å². The van der Waals surface area contributed by atoms with Crippen molar-refractivity contribution in [1.29, 1.82) is 0 Å². The molecule has 1 aromatic carbocycles. The summed E-state index contributed by atoms with van der Waals surface area (Å²) in [6.07, 6.45) is 1.85. The molecule has 94 valence electrons. The third kappa shape index (κ3) is 4.94. The van der Waals surface area contributed by atoms with Crippen LogP contribution in [0.2, 0.25) is 0 Å². The number of ketones is 1. The SMILES string of the molecule is CC=O.CCC(C)(C)c1ccc(C(C)=O)cc1. The molecule has 2 heteroatoms. The minimum Gasteiger partial charge on any atom is -0.304 e. The highest BCUT2D eigenvalue weighted by Gasteiger charge is 2.17. The van der Waals surface area contributed by atoms with Gasteiger partial charge in [0, 0.05) is 5.56 Å². The molecule has 0 amide bonds. The second kappa shape index (κ2) is 7.00. The van der Waals surface area contributed by atoms with Crippen molar-refractivity contribution in [2.45, 2.75) is 46.5 Å². The molecule has 0 aromatic heterocycles. The summed E-state index contributed by atoms with van der Waals surface area (Å²) < 4.78 is 0. The van der Waals surface area contributed by atoms with Crippen molar-refractivity contribution in [3.8, 4) is 0 Å². The maximum Gasteiger partial charge on any atom is 0.159 e. The van der Waals surface area contributed by atoms with Crippen molar-refractivity contribution < 1.29 is 9.59 Å². The maximum absolute atomic E-state index is 11.1. The molecule has 0 N–H and O–H groups in total. The molecule has 0 saturated carbocycles. The van der Waals surface area contributed by atoms with Gasteiger partial charge in [0.1, 0.15) is 6.29 Å². The molecule has 1 rings (SSSR count). The molecule has 0 fully saturated rings. The highest BCUT2D eigenvalue weighted by molar-refractivity contribution is 5.94. The zero-order valence-electron chi connectivity index (χ0n) is 11.4. The number of hydrogen-bond acceptors (Lipinski definition) is 2. The summed E-state index contributed by atoms with van der Waals surface area (Å²) in [5.74, 6) is 0.130. The Morgan fingerprint density at radius 2 is 1.65 bits per heavy atom. The zero-order chi connectivity index (χ0) is 13.5. The summed E-state index contributed by atoms with van der Waals surface area (Å²) in [5.41, 5.74) is 2.29. The van der Waals surface area contributed by atoms with Gasteiger partial charge in [-0.2, -0.15) is 0 Å². The minimum absolute atomic E-state index is 0.130. The lowest BCUT2D eigenvalue weighted by Gasteiger charge is -2.23. The molecule has 0 bridgehead atoms. The van der Waals surface area contributed by atoms with Crippen LogP contribution in [0.1, 0.15) is 57.0 Å². The fourth-order valence-corrected chi connectivity index (χ4v) is 1.36. The quantitative estimate of drug-likeness (QED) is 0.589. The Labute approximate surface area is 104 Å². The van der Waals surface area contributed by atoms with Gasteiger partial charge >= 0.3 is 0 Å². The van der Waals surface area contributed by atoms with Crippen LogP contribution in [0.5, 0.6) is 0 Å². The molecule has 2 nitrogen and oxygen atoms in total. The molecule has 1 aromatic rings. The molecule has 0 spiro atoms. The van der Waals surface area contributed by atoms with Crippen molar-refractivity contribution in [2.75, 3.05) is 0 Å². The van der Waals surface area contributed by atoms with Gasteiger partial charge in [-0.15, -0.1) is 0 Å². The summed E-state index contributed by atoms with van der Waals surface area (Å²) in [6, 6.07) is 7.94. The molecule has 0 saturated heterocycles. The van der Waals surface area contributed by atoms with Gasteiger partial charge in [0.2, 0.25) is 0 Å². The van der Waals surface area contributed by atoms with Crippen molar-refractivity contribution in [2.24, 2.45) is 0 Å². The van der Waals surface area contributed by atoms with Gasteiger partial charge in [-0.3, -0.25) is 4.79 Å². The molecule has 0 aliphatic rings. The third-order valence-electron chi connectivity index (χ3n) is 2.96. The van der Waals surface area contributed by atoms with Crippen LogP contribution in [0, 0.1) is 0 Å². The number of rotatable bonds is 3. The van der Waals surface area contributed by atoms with Crippen LogP contribution in [0.4, 0.5) is 0 Å². The van der Waals surface area contributed by atoms with E-state index in [9.17, 15) is 4.79 Å². The van der Waals surface area contributed by atoms with E-state index in [0.717, 1.165) is 18.3 Å². The standard InChI is InChI=1S/C13H18O.C2H4O/c1-5-13(3,4)12-8-6-11(7-9-12)10(2)14;1-2-3/h6-9H,5H2,1-4H3;2H,1H3. The fourth-order valence-electron chi connectivity index (χ4n) is 1.36. The van der Waals surface area contributed by atoms with Gasteiger partial charge in [-0.05, 0) is 31.2 Å². The maximum atomic E-state index is 11.1. The van der Waals surface area contributed by atoms with Crippen molar-refractivity contribution in [3.05, 3.63) is 35.4 Å². The Morgan fingerprint density at radius 3 is 1.94 bits per heavy atom. The Kier molecular flexibility index (Phi) is 6.40. The first-order valence-electron chi connectivity index (χ1n) is 5.90. The Balaban J connectivity index is 0.000000770. The van der Waals surface area contributed by atoms with Crippen molar-refractivity contribution >= 4 is 12.1 Å². The smallest absolute Gasteiger partial charge is 0.159 e. The average molecular weight is 234 g/mol. The molecule has 0 aliphatic heterocycles. The predicted molar refractivity (Wildman–Crippen MR) is 71.5 cm³/mol. The van der Waals surface area contributed by atoms with Gasteiger partial charge in [0.15, 0.2) is 5.78 Å². The lowest BCUT2D eigenvalue weighted by molar-refractivity contribution is -0.106. The first kappa shape index (κ1) is 15.6. The number of aldehydes is 1. The van der Waals surface area contributed by atoms with E-state index >= 15 is 0 Å². The van der Waals surface area contributed by atoms with Gasteiger partial charge < -0.3 is 4.79 Å². The van der Waals surface area contributed by atoms with E-state index in [1.165, 1.54) is 12.5 Å². The summed E-state index contributed by atoms with van der Waals surface area (Å²) in [6.45, 7) is 9.66. The zero-order valence-corrected chi connectivity index (χ0v) is 11.4. The highest BCUT2D eigenvalue weighted by Crippen LogP contribution is 2.26. The van der Waals surface area contributed by atoms with E-state index in [-0.39, 0.29) is 11.2 Å². The Morgan fingerprint density at radius 1 is 1.24 bits per heavy atom. The predicted octanol–water partition coefficient (Wildman–Crippen LogP) is 3.78. The molecule has 17 heavy (non-hydrogen) atoms. The van der Waals surface area contributed by atoms with E-state index in [1.54, 1.807) is 6.92 Å². The van der Waals surface area contributed by atoms with Gasteiger partial charge in [-0.25, -0.2) is 0 Å². The Bertz CT molecular complexity index is 361. The molecular weight excluding hydrogens is 212 g/mol. The van der Waals surface area contributed by atoms with Crippen LogP contribution in [-0.2, 0) is 10.2 Å². The number of benzene rings is 1. The van der Waals surface area contributed by atoms with Crippen molar-refractivity contribution in [1.82, 2.24) is 0 Å². The summed E-state index contributed by atoms with van der Waals surface area (Å²) >= 11 is 0. The third-order valence-corrected chi connectivity index (χ3v) is 2.96. The lowest BCUT2D eigenvalue weighted by Crippen LogP contribution is -2.15. The van der Waals surface area contributed by atoms with Crippen LogP contribution in [0.25, 0.3) is 0 Å². The number of hydrogen-bond donors (Lipinski definition) is 0. The monoisotopic (exact) mass is 234 g/mol. The minimum atomic E-state index is 0.130. The lowest BCUT2D eigenvalue weighted by atomic mass is 9.82. The van der Waals surface area contributed by atoms with E-state index in [1.807, 2.05) is 12.1 Å².